The Labute approximate surface area is 137 Å². The zero-order chi connectivity index (χ0) is 16.8. The molecule has 0 bridgehead atoms. The fourth-order valence-corrected chi connectivity index (χ4v) is 3.06. The van der Waals surface area contributed by atoms with Crippen LogP contribution < -0.4 is 5.32 Å². The van der Waals surface area contributed by atoms with E-state index in [4.69, 9.17) is 11.6 Å². The molecule has 0 spiro atoms. The lowest BCUT2D eigenvalue weighted by Gasteiger charge is -2.15. The van der Waals surface area contributed by atoms with E-state index in [0.717, 1.165) is 30.2 Å². The summed E-state index contributed by atoms with van der Waals surface area (Å²) < 4.78 is 41.5. The molecule has 23 heavy (non-hydrogen) atoms. The molecule has 0 aliphatic carbocycles. The molecule has 0 saturated carbocycles. The van der Waals surface area contributed by atoms with Crippen molar-refractivity contribution in [1.29, 1.82) is 0 Å². The third-order valence-electron chi connectivity index (χ3n) is 3.83. The Kier molecular flexibility index (Phi) is 4.04. The maximum Gasteiger partial charge on any atom is 0.418 e. The van der Waals surface area contributed by atoms with Crippen LogP contribution in [0.4, 0.5) is 19.0 Å². The zero-order valence-corrected chi connectivity index (χ0v) is 13.6. The van der Waals surface area contributed by atoms with Crippen molar-refractivity contribution in [3.63, 3.8) is 0 Å². The van der Waals surface area contributed by atoms with E-state index in [-0.39, 0.29) is 10.7 Å². The largest absolute Gasteiger partial charge is 0.418 e. The van der Waals surface area contributed by atoms with Crippen LogP contribution in [0.3, 0.4) is 0 Å². The Morgan fingerprint density at radius 1 is 1.35 bits per heavy atom. The summed E-state index contributed by atoms with van der Waals surface area (Å²) in [5.41, 5.74) is 1.10. The molecule has 0 unspecified atom stereocenters. The monoisotopic (exact) mass is 343 g/mol. The number of anilines is 1. The SMILES string of the molecule is CC(C)Cc1nn(-c2ccc(Cl)cc2C(F)(F)F)c2c1CCN2. The molecule has 1 N–H and O–H groups in total. The minimum absolute atomic E-state index is 0.00237. The predicted octanol–water partition coefficient (Wildman–Crippen LogP) is 4.71. The van der Waals surface area contributed by atoms with E-state index in [9.17, 15) is 13.2 Å². The van der Waals surface area contributed by atoms with Gasteiger partial charge in [0.25, 0.3) is 0 Å². The maximum absolute atomic E-state index is 13.4. The Hall–Kier alpha value is -1.69. The van der Waals surface area contributed by atoms with E-state index in [1.54, 1.807) is 0 Å². The molecule has 1 aliphatic rings. The summed E-state index contributed by atoms with van der Waals surface area (Å²) in [5.74, 6) is 1.05. The third-order valence-corrected chi connectivity index (χ3v) is 4.06. The Balaban J connectivity index is 2.17. The van der Waals surface area contributed by atoms with Gasteiger partial charge in [-0.25, -0.2) is 4.68 Å². The molecule has 124 valence electrons. The van der Waals surface area contributed by atoms with Gasteiger partial charge >= 0.3 is 6.18 Å². The van der Waals surface area contributed by atoms with Crippen molar-refractivity contribution in [1.82, 2.24) is 9.78 Å². The van der Waals surface area contributed by atoms with Crippen LogP contribution in [-0.2, 0) is 19.0 Å². The molecule has 1 aromatic heterocycles. The standard InChI is InChI=1S/C16H17ClF3N3/c1-9(2)7-13-11-5-6-21-15(11)23(22-13)14-4-3-10(17)8-12(14)16(18,19)20/h3-4,8-9,21H,5-7H2,1-2H3. The average molecular weight is 344 g/mol. The van der Waals surface area contributed by atoms with Gasteiger partial charge in [-0.05, 0) is 37.0 Å². The van der Waals surface area contributed by atoms with Gasteiger partial charge in [0.15, 0.2) is 0 Å². The second-order valence-corrected chi connectivity index (χ2v) is 6.56. The van der Waals surface area contributed by atoms with Crippen molar-refractivity contribution in [3.8, 4) is 5.69 Å². The summed E-state index contributed by atoms with van der Waals surface area (Å²) in [6, 6.07) is 3.77. The molecule has 0 fully saturated rings. The van der Waals surface area contributed by atoms with Crippen LogP contribution in [0.1, 0.15) is 30.7 Å². The van der Waals surface area contributed by atoms with Crippen LogP contribution in [0.5, 0.6) is 0 Å². The minimum Gasteiger partial charge on any atom is -0.369 e. The summed E-state index contributed by atoms with van der Waals surface area (Å²) in [6.07, 6.45) is -2.96. The number of nitrogens with zero attached hydrogens (tertiary/aromatic N) is 2. The van der Waals surface area contributed by atoms with Crippen LogP contribution in [0, 0.1) is 5.92 Å². The summed E-state index contributed by atoms with van der Waals surface area (Å²) in [5, 5.41) is 7.67. The smallest absolute Gasteiger partial charge is 0.369 e. The first-order valence-electron chi connectivity index (χ1n) is 7.49. The van der Waals surface area contributed by atoms with Gasteiger partial charge in [-0.1, -0.05) is 25.4 Å². The van der Waals surface area contributed by atoms with E-state index < -0.39 is 11.7 Å². The van der Waals surface area contributed by atoms with Crippen LogP contribution in [-0.4, -0.2) is 16.3 Å². The van der Waals surface area contributed by atoms with Crippen molar-refractivity contribution in [2.24, 2.45) is 5.92 Å². The van der Waals surface area contributed by atoms with Crippen LogP contribution in [0.2, 0.25) is 5.02 Å². The van der Waals surface area contributed by atoms with E-state index in [0.29, 0.717) is 18.3 Å². The zero-order valence-electron chi connectivity index (χ0n) is 12.8. The van der Waals surface area contributed by atoms with Crippen molar-refractivity contribution in [3.05, 3.63) is 40.0 Å². The van der Waals surface area contributed by atoms with E-state index in [1.807, 2.05) is 0 Å². The average Bonchev–Trinajstić information content (AvgIpc) is 3.01. The highest BCUT2D eigenvalue weighted by molar-refractivity contribution is 6.30. The van der Waals surface area contributed by atoms with E-state index >= 15 is 0 Å². The number of aromatic nitrogens is 2. The van der Waals surface area contributed by atoms with Gasteiger partial charge in [0.1, 0.15) is 5.82 Å². The first-order chi connectivity index (χ1) is 10.8. The van der Waals surface area contributed by atoms with E-state index in [2.05, 4.69) is 24.3 Å². The molecular weight excluding hydrogens is 327 g/mol. The van der Waals surface area contributed by atoms with Crippen LogP contribution in [0.25, 0.3) is 5.69 Å². The number of fused-ring (bicyclic) bond motifs is 1. The molecule has 1 aliphatic heterocycles. The van der Waals surface area contributed by atoms with Crippen molar-refractivity contribution < 1.29 is 13.2 Å². The van der Waals surface area contributed by atoms with Crippen molar-refractivity contribution in [2.75, 3.05) is 11.9 Å². The molecule has 0 amide bonds. The molecule has 3 rings (SSSR count). The fraction of sp³-hybridized carbons (Fsp3) is 0.438. The number of alkyl halides is 3. The molecular formula is C16H17ClF3N3. The lowest BCUT2D eigenvalue weighted by Crippen LogP contribution is -2.13. The fourth-order valence-electron chi connectivity index (χ4n) is 2.89. The first-order valence-corrected chi connectivity index (χ1v) is 7.87. The molecule has 3 nitrogen and oxygen atoms in total. The van der Waals surface area contributed by atoms with Gasteiger partial charge in [0, 0.05) is 17.1 Å². The Morgan fingerprint density at radius 2 is 2.09 bits per heavy atom. The topological polar surface area (TPSA) is 29.9 Å². The molecule has 7 heteroatoms. The van der Waals surface area contributed by atoms with Gasteiger partial charge in [-0.3, -0.25) is 0 Å². The quantitative estimate of drug-likeness (QED) is 0.874. The highest BCUT2D eigenvalue weighted by Crippen LogP contribution is 2.38. The normalized spacial score (nSPS) is 14.2. The minimum atomic E-state index is -4.49. The van der Waals surface area contributed by atoms with Crippen LogP contribution >= 0.6 is 11.6 Å². The number of halogens is 4. The summed E-state index contributed by atoms with van der Waals surface area (Å²) in [6.45, 7) is 4.85. The lowest BCUT2D eigenvalue weighted by molar-refractivity contribution is -0.137. The number of benzene rings is 1. The molecule has 2 aromatic rings. The predicted molar refractivity (Wildman–Crippen MR) is 84.3 cm³/mol. The van der Waals surface area contributed by atoms with Gasteiger partial charge in [0.2, 0.25) is 0 Å². The first kappa shape index (κ1) is 16.2. The summed E-state index contributed by atoms with van der Waals surface area (Å²) >= 11 is 5.76. The number of hydrogen-bond acceptors (Lipinski definition) is 2. The van der Waals surface area contributed by atoms with Gasteiger partial charge in [0.05, 0.1) is 16.9 Å². The van der Waals surface area contributed by atoms with Gasteiger partial charge in [-0.2, -0.15) is 18.3 Å². The highest BCUT2D eigenvalue weighted by Gasteiger charge is 2.36. The second-order valence-electron chi connectivity index (χ2n) is 6.12. The Bertz CT molecular complexity index is 735. The molecule has 0 saturated heterocycles. The molecule has 0 atom stereocenters. The summed E-state index contributed by atoms with van der Waals surface area (Å²) in [4.78, 5) is 0. The second kappa shape index (κ2) is 5.74. The van der Waals surface area contributed by atoms with Crippen molar-refractivity contribution in [2.45, 2.75) is 32.9 Å². The number of hydrogen-bond donors (Lipinski definition) is 1. The molecule has 0 radical (unpaired) electrons. The molecule has 2 heterocycles. The van der Waals surface area contributed by atoms with Gasteiger partial charge in [-0.15, -0.1) is 0 Å². The highest BCUT2D eigenvalue weighted by atomic mass is 35.5. The summed E-state index contributed by atoms with van der Waals surface area (Å²) in [7, 11) is 0. The van der Waals surface area contributed by atoms with E-state index in [1.165, 1.54) is 16.8 Å². The Morgan fingerprint density at radius 3 is 2.74 bits per heavy atom. The lowest BCUT2D eigenvalue weighted by atomic mass is 10.0. The van der Waals surface area contributed by atoms with Crippen LogP contribution in [0.15, 0.2) is 18.2 Å². The maximum atomic E-state index is 13.4. The third kappa shape index (κ3) is 3.04. The number of rotatable bonds is 3. The van der Waals surface area contributed by atoms with Gasteiger partial charge < -0.3 is 5.32 Å². The van der Waals surface area contributed by atoms with Crippen molar-refractivity contribution >= 4 is 17.4 Å². The molecule has 1 aromatic carbocycles. The number of nitrogens with one attached hydrogen (secondary N) is 1.